The lowest BCUT2D eigenvalue weighted by atomic mass is 9.90. The molecule has 1 unspecified atom stereocenters. The van der Waals surface area contributed by atoms with Crippen molar-refractivity contribution in [3.8, 4) is 0 Å². The fourth-order valence-electron chi connectivity index (χ4n) is 2.30. The van der Waals surface area contributed by atoms with E-state index in [-0.39, 0.29) is 5.91 Å². The zero-order chi connectivity index (χ0) is 14.6. The molecule has 0 radical (unpaired) electrons. The molecule has 0 aliphatic carbocycles. The summed E-state index contributed by atoms with van der Waals surface area (Å²) in [6.07, 6.45) is 0.781. The molecule has 1 atom stereocenters. The molecule has 1 rings (SSSR count). The number of nitrogens with two attached hydrogens (primary N) is 1. The Kier molecular flexibility index (Phi) is 5.06. The Morgan fingerprint density at radius 1 is 1.42 bits per heavy atom. The van der Waals surface area contributed by atoms with Crippen molar-refractivity contribution in [1.29, 1.82) is 0 Å². The summed E-state index contributed by atoms with van der Waals surface area (Å²) in [5.74, 6) is -0.261. The van der Waals surface area contributed by atoms with Crippen LogP contribution in [0.1, 0.15) is 43.1 Å². The standard InChI is InChI=1S/C15H23FN2O/c1-10(2)8-15(4,9-17)18-14(19)12-5-11(3)6-13(16)7-12/h5-7,10H,8-9,17H2,1-4H3,(H,18,19). The van der Waals surface area contributed by atoms with E-state index in [0.717, 1.165) is 12.0 Å². The van der Waals surface area contributed by atoms with Gasteiger partial charge in [-0.05, 0) is 49.9 Å². The Hall–Kier alpha value is -1.42. The lowest BCUT2D eigenvalue weighted by Crippen LogP contribution is -2.52. The molecule has 0 aliphatic rings. The van der Waals surface area contributed by atoms with Gasteiger partial charge in [0.25, 0.3) is 5.91 Å². The maximum Gasteiger partial charge on any atom is 0.251 e. The van der Waals surface area contributed by atoms with Gasteiger partial charge in [0.1, 0.15) is 5.82 Å². The van der Waals surface area contributed by atoms with Gasteiger partial charge in [0.15, 0.2) is 0 Å². The van der Waals surface area contributed by atoms with Crippen LogP contribution in [0.4, 0.5) is 4.39 Å². The van der Waals surface area contributed by atoms with Crippen LogP contribution >= 0.6 is 0 Å². The monoisotopic (exact) mass is 266 g/mol. The molecule has 0 saturated heterocycles. The Morgan fingerprint density at radius 2 is 2.05 bits per heavy atom. The Morgan fingerprint density at radius 3 is 2.53 bits per heavy atom. The third-order valence-corrected chi connectivity index (χ3v) is 3.03. The van der Waals surface area contributed by atoms with Crippen LogP contribution in [-0.4, -0.2) is 18.0 Å². The highest BCUT2D eigenvalue weighted by Gasteiger charge is 2.26. The number of nitrogens with one attached hydrogen (secondary N) is 1. The van der Waals surface area contributed by atoms with Gasteiger partial charge >= 0.3 is 0 Å². The summed E-state index contributed by atoms with van der Waals surface area (Å²) < 4.78 is 13.3. The minimum atomic E-state index is -0.467. The number of carbonyl (C=O) groups excluding carboxylic acids is 1. The highest BCUT2D eigenvalue weighted by atomic mass is 19.1. The first-order valence-corrected chi connectivity index (χ1v) is 6.55. The number of halogens is 1. The van der Waals surface area contributed by atoms with Crippen LogP contribution < -0.4 is 11.1 Å². The van der Waals surface area contributed by atoms with Crippen LogP contribution in [0.25, 0.3) is 0 Å². The van der Waals surface area contributed by atoms with Gasteiger partial charge in [-0.1, -0.05) is 13.8 Å². The maximum atomic E-state index is 13.3. The number of benzene rings is 1. The van der Waals surface area contributed by atoms with E-state index in [0.29, 0.717) is 18.0 Å². The van der Waals surface area contributed by atoms with Gasteiger partial charge < -0.3 is 11.1 Å². The van der Waals surface area contributed by atoms with Gasteiger partial charge in [0, 0.05) is 17.6 Å². The topological polar surface area (TPSA) is 55.1 Å². The van der Waals surface area contributed by atoms with E-state index in [2.05, 4.69) is 19.2 Å². The molecule has 1 aromatic carbocycles. The average molecular weight is 266 g/mol. The normalized spacial score (nSPS) is 14.3. The van der Waals surface area contributed by atoms with Crippen LogP contribution in [0.5, 0.6) is 0 Å². The fourth-order valence-corrected chi connectivity index (χ4v) is 2.30. The summed E-state index contributed by atoms with van der Waals surface area (Å²) in [6.45, 7) is 8.18. The molecule has 3 N–H and O–H groups in total. The van der Waals surface area contributed by atoms with Crippen LogP contribution in [0, 0.1) is 18.7 Å². The number of hydrogen-bond acceptors (Lipinski definition) is 2. The molecule has 0 fully saturated rings. The predicted octanol–water partition coefficient (Wildman–Crippen LogP) is 2.63. The Bertz CT molecular complexity index is 439. The SMILES string of the molecule is Cc1cc(F)cc(C(=O)NC(C)(CN)CC(C)C)c1. The molecule has 0 saturated carbocycles. The van der Waals surface area contributed by atoms with E-state index >= 15 is 0 Å². The highest BCUT2D eigenvalue weighted by Crippen LogP contribution is 2.17. The third kappa shape index (κ3) is 4.63. The molecule has 3 nitrogen and oxygen atoms in total. The number of amides is 1. The summed E-state index contributed by atoms with van der Waals surface area (Å²) in [5, 5.41) is 2.91. The van der Waals surface area contributed by atoms with Crippen LogP contribution in [0.15, 0.2) is 18.2 Å². The number of rotatable bonds is 5. The van der Waals surface area contributed by atoms with Crippen molar-refractivity contribution >= 4 is 5.91 Å². The molecule has 0 aromatic heterocycles. The van der Waals surface area contributed by atoms with E-state index in [1.807, 2.05) is 6.92 Å². The smallest absolute Gasteiger partial charge is 0.251 e. The van der Waals surface area contributed by atoms with Gasteiger partial charge in [0.05, 0.1) is 0 Å². The molecule has 0 heterocycles. The molecule has 1 aromatic rings. The summed E-state index contributed by atoms with van der Waals surface area (Å²) >= 11 is 0. The van der Waals surface area contributed by atoms with E-state index in [1.165, 1.54) is 12.1 Å². The lowest BCUT2D eigenvalue weighted by Gasteiger charge is -2.31. The minimum absolute atomic E-state index is 0.281. The Labute approximate surface area is 114 Å². The van der Waals surface area contributed by atoms with Crippen molar-refractivity contribution in [2.24, 2.45) is 11.7 Å². The second-order valence-electron chi connectivity index (χ2n) is 5.83. The Balaban J connectivity index is 2.88. The number of aryl methyl sites for hydroxylation is 1. The van der Waals surface area contributed by atoms with Gasteiger partial charge in [-0.15, -0.1) is 0 Å². The second-order valence-corrected chi connectivity index (χ2v) is 5.83. The molecule has 106 valence electrons. The first-order chi connectivity index (χ1) is 8.75. The first kappa shape index (κ1) is 15.6. The van der Waals surface area contributed by atoms with Crippen molar-refractivity contribution < 1.29 is 9.18 Å². The lowest BCUT2D eigenvalue weighted by molar-refractivity contribution is 0.0897. The third-order valence-electron chi connectivity index (χ3n) is 3.03. The van der Waals surface area contributed by atoms with Crippen molar-refractivity contribution in [1.82, 2.24) is 5.32 Å². The zero-order valence-corrected chi connectivity index (χ0v) is 12.1. The first-order valence-electron chi connectivity index (χ1n) is 6.55. The van der Waals surface area contributed by atoms with E-state index in [1.54, 1.807) is 13.0 Å². The summed E-state index contributed by atoms with van der Waals surface area (Å²) in [6, 6.07) is 4.31. The van der Waals surface area contributed by atoms with Crippen molar-refractivity contribution in [2.45, 2.75) is 39.7 Å². The molecule has 0 spiro atoms. The molecule has 1 amide bonds. The quantitative estimate of drug-likeness (QED) is 0.860. The van der Waals surface area contributed by atoms with Crippen molar-refractivity contribution in [2.75, 3.05) is 6.54 Å². The molecule has 0 aliphatic heterocycles. The van der Waals surface area contributed by atoms with Crippen molar-refractivity contribution in [3.63, 3.8) is 0 Å². The summed E-state index contributed by atoms with van der Waals surface area (Å²) in [5.41, 5.74) is 6.35. The minimum Gasteiger partial charge on any atom is -0.346 e. The average Bonchev–Trinajstić information content (AvgIpc) is 2.26. The van der Waals surface area contributed by atoms with E-state index in [4.69, 9.17) is 5.73 Å². The van der Waals surface area contributed by atoms with Gasteiger partial charge in [-0.3, -0.25) is 4.79 Å². The summed E-state index contributed by atoms with van der Waals surface area (Å²) in [4.78, 5) is 12.2. The number of hydrogen-bond donors (Lipinski definition) is 2. The van der Waals surface area contributed by atoms with Gasteiger partial charge in [-0.2, -0.15) is 0 Å². The predicted molar refractivity (Wildman–Crippen MR) is 75.5 cm³/mol. The van der Waals surface area contributed by atoms with Crippen LogP contribution in [0.3, 0.4) is 0 Å². The second kappa shape index (κ2) is 6.15. The molecular weight excluding hydrogens is 243 g/mol. The largest absolute Gasteiger partial charge is 0.346 e. The maximum absolute atomic E-state index is 13.3. The van der Waals surface area contributed by atoms with Gasteiger partial charge in [0.2, 0.25) is 0 Å². The van der Waals surface area contributed by atoms with Crippen LogP contribution in [0.2, 0.25) is 0 Å². The summed E-state index contributed by atoms with van der Waals surface area (Å²) in [7, 11) is 0. The van der Waals surface area contributed by atoms with Crippen LogP contribution in [-0.2, 0) is 0 Å². The van der Waals surface area contributed by atoms with Crippen molar-refractivity contribution in [3.05, 3.63) is 35.1 Å². The van der Waals surface area contributed by atoms with E-state index in [9.17, 15) is 9.18 Å². The number of carbonyl (C=O) groups is 1. The fraction of sp³-hybridized carbons (Fsp3) is 0.533. The highest BCUT2D eigenvalue weighted by molar-refractivity contribution is 5.94. The molecule has 19 heavy (non-hydrogen) atoms. The van der Waals surface area contributed by atoms with Gasteiger partial charge in [-0.25, -0.2) is 4.39 Å². The zero-order valence-electron chi connectivity index (χ0n) is 12.1. The molecule has 0 bridgehead atoms. The van der Waals surface area contributed by atoms with E-state index < -0.39 is 11.4 Å². The molecule has 4 heteroatoms. The molecular formula is C15H23FN2O.